The van der Waals surface area contributed by atoms with Crippen LogP contribution in [0.25, 0.3) is 10.2 Å². The molecule has 3 fully saturated rings. The zero-order valence-electron chi connectivity index (χ0n) is 18.7. The molecular formula is C23H27N9OS. The zero-order chi connectivity index (χ0) is 22.9. The number of nitrogens with two attached hydrogens (primary N) is 1. The third kappa shape index (κ3) is 4.33. The molecule has 4 N–H and O–H groups in total. The Labute approximate surface area is 201 Å². The zero-order valence-corrected chi connectivity index (χ0v) is 19.5. The Kier molecular flexibility index (Phi) is 5.81. The van der Waals surface area contributed by atoms with Crippen molar-refractivity contribution in [1.82, 2.24) is 25.3 Å². The van der Waals surface area contributed by atoms with E-state index in [1.54, 1.807) is 12.3 Å². The van der Waals surface area contributed by atoms with Gasteiger partial charge in [-0.1, -0.05) is 11.3 Å². The van der Waals surface area contributed by atoms with Gasteiger partial charge in [-0.05, 0) is 31.5 Å². The fourth-order valence-electron chi connectivity index (χ4n) is 4.89. The molecule has 6 heterocycles. The van der Waals surface area contributed by atoms with E-state index in [1.807, 2.05) is 12.3 Å². The van der Waals surface area contributed by atoms with E-state index >= 15 is 0 Å². The molecule has 0 aliphatic carbocycles. The first-order valence-electron chi connectivity index (χ1n) is 11.7. The molecule has 176 valence electrons. The van der Waals surface area contributed by atoms with Crippen LogP contribution in [0.3, 0.4) is 0 Å². The lowest BCUT2D eigenvalue weighted by Crippen LogP contribution is -2.44. The molecule has 34 heavy (non-hydrogen) atoms. The molecule has 11 heteroatoms. The number of piperazine rings is 1. The molecule has 3 aromatic rings. The fraction of sp³-hybridized carbons (Fsp3) is 0.435. The first kappa shape index (κ1) is 21.4. The quantitative estimate of drug-likeness (QED) is 0.459. The molecule has 3 aromatic heterocycles. The molecule has 0 unspecified atom stereocenters. The van der Waals surface area contributed by atoms with E-state index in [0.29, 0.717) is 29.0 Å². The number of nitrogens with zero attached hydrogens (tertiary/aromatic N) is 6. The first-order valence-corrected chi connectivity index (χ1v) is 12.5. The van der Waals surface area contributed by atoms with Crippen molar-refractivity contribution in [2.75, 3.05) is 36.5 Å². The van der Waals surface area contributed by atoms with Gasteiger partial charge in [-0.25, -0.2) is 19.9 Å². The number of rotatable bonds is 6. The third-order valence-corrected chi connectivity index (χ3v) is 7.50. The summed E-state index contributed by atoms with van der Waals surface area (Å²) in [5, 5.41) is 7.63. The summed E-state index contributed by atoms with van der Waals surface area (Å²) in [5.41, 5.74) is 7.27. The molecule has 0 saturated carbocycles. The van der Waals surface area contributed by atoms with Crippen molar-refractivity contribution < 1.29 is 4.74 Å². The molecule has 10 nitrogen and oxygen atoms in total. The molecule has 3 aliphatic heterocycles. The minimum Gasteiger partial charge on any atom is -0.405 e. The van der Waals surface area contributed by atoms with Crippen LogP contribution in [0.15, 0.2) is 35.6 Å². The van der Waals surface area contributed by atoms with Crippen LogP contribution in [0, 0.1) is 0 Å². The predicted octanol–water partition coefficient (Wildman–Crippen LogP) is 2.84. The van der Waals surface area contributed by atoms with Crippen molar-refractivity contribution in [3.05, 3.63) is 36.3 Å². The van der Waals surface area contributed by atoms with Crippen molar-refractivity contribution in [3.63, 3.8) is 0 Å². The fourth-order valence-corrected chi connectivity index (χ4v) is 5.66. The molecule has 0 amide bonds. The lowest BCUT2D eigenvalue weighted by atomic mass is 9.96. The highest BCUT2D eigenvalue weighted by atomic mass is 32.1. The number of hydrogen-bond acceptors (Lipinski definition) is 11. The number of allylic oxidation sites excluding steroid dienone is 1. The molecule has 3 saturated heterocycles. The van der Waals surface area contributed by atoms with Gasteiger partial charge in [0.15, 0.2) is 0 Å². The summed E-state index contributed by atoms with van der Waals surface area (Å²) in [4.78, 5) is 25.8. The van der Waals surface area contributed by atoms with Crippen LogP contribution < -0.4 is 21.3 Å². The number of nitrogens with one attached hydrogen (secondary N) is 2. The van der Waals surface area contributed by atoms with Crippen LogP contribution in [0.5, 0.6) is 0 Å². The Morgan fingerprint density at radius 3 is 2.91 bits per heavy atom. The van der Waals surface area contributed by atoms with Gasteiger partial charge in [0.1, 0.15) is 11.6 Å². The van der Waals surface area contributed by atoms with E-state index in [1.165, 1.54) is 17.5 Å². The van der Waals surface area contributed by atoms with Gasteiger partial charge in [0.05, 0.1) is 15.9 Å². The van der Waals surface area contributed by atoms with Gasteiger partial charge in [-0.2, -0.15) is 4.98 Å². The maximum atomic E-state index is 5.58. The molecule has 0 aromatic carbocycles. The summed E-state index contributed by atoms with van der Waals surface area (Å²) in [6.45, 7) is 3.50. The van der Waals surface area contributed by atoms with Crippen LogP contribution in [-0.2, 0) is 4.74 Å². The predicted molar refractivity (Wildman–Crippen MR) is 135 cm³/mol. The molecule has 3 aliphatic rings. The number of pyridine rings is 1. The Balaban J connectivity index is 1.30. The number of fused-ring (bicyclic) bond motifs is 3. The van der Waals surface area contributed by atoms with Crippen LogP contribution in [-0.4, -0.2) is 64.5 Å². The van der Waals surface area contributed by atoms with Crippen molar-refractivity contribution in [3.8, 4) is 0 Å². The number of thiazole rings is 1. The number of aliphatic imine (C=N–C) groups is 1. The monoisotopic (exact) mass is 477 g/mol. The Morgan fingerprint density at radius 2 is 2.12 bits per heavy atom. The summed E-state index contributed by atoms with van der Waals surface area (Å²) in [5.74, 6) is 2.64. The molecule has 0 spiro atoms. The third-order valence-electron chi connectivity index (χ3n) is 6.59. The molecule has 0 radical (unpaired) electrons. The average Bonchev–Trinajstić information content (AvgIpc) is 3.60. The Bertz CT molecular complexity index is 1240. The van der Waals surface area contributed by atoms with Gasteiger partial charge >= 0.3 is 0 Å². The van der Waals surface area contributed by atoms with Gasteiger partial charge in [-0.3, -0.25) is 0 Å². The highest BCUT2D eigenvalue weighted by molar-refractivity contribution is 7.21. The van der Waals surface area contributed by atoms with Crippen LogP contribution in [0.4, 0.5) is 22.7 Å². The number of hydrogen-bond donors (Lipinski definition) is 3. The van der Waals surface area contributed by atoms with E-state index in [2.05, 4.69) is 36.6 Å². The molecule has 2 bridgehead atoms. The lowest BCUT2D eigenvalue weighted by Gasteiger charge is -2.29. The Morgan fingerprint density at radius 1 is 1.21 bits per heavy atom. The van der Waals surface area contributed by atoms with Crippen molar-refractivity contribution >= 4 is 50.5 Å². The van der Waals surface area contributed by atoms with Gasteiger partial charge < -0.3 is 26.0 Å². The topological polar surface area (TPSA) is 126 Å². The maximum Gasteiger partial charge on any atom is 0.227 e. The van der Waals surface area contributed by atoms with E-state index in [9.17, 15) is 0 Å². The number of ether oxygens (including phenoxy) is 1. The van der Waals surface area contributed by atoms with E-state index in [-0.39, 0.29) is 0 Å². The second-order valence-electron chi connectivity index (χ2n) is 8.83. The Hall–Kier alpha value is -3.15. The van der Waals surface area contributed by atoms with Crippen LogP contribution in [0.1, 0.15) is 30.9 Å². The normalized spacial score (nSPS) is 23.1. The van der Waals surface area contributed by atoms with Crippen LogP contribution >= 0.6 is 11.3 Å². The summed E-state index contributed by atoms with van der Waals surface area (Å²) in [6, 6.07) is 4.98. The number of aromatic nitrogens is 4. The van der Waals surface area contributed by atoms with E-state index in [0.717, 1.165) is 73.2 Å². The minimum absolute atomic E-state index is 0.380. The molecule has 6 rings (SSSR count). The van der Waals surface area contributed by atoms with Gasteiger partial charge in [0, 0.05) is 68.8 Å². The SMILES string of the molecule is N/C=C\C=N\c1nc2cc(Nc3cc(C4CCOCC4)nc(N4C[C@@H]5C[C@H]4CN5)n3)ncc2s1. The summed E-state index contributed by atoms with van der Waals surface area (Å²) >= 11 is 1.49. The average molecular weight is 478 g/mol. The van der Waals surface area contributed by atoms with Gasteiger partial charge in [0.25, 0.3) is 0 Å². The standard InChI is InChI=1S/C23H27N9OS/c24-4-1-5-25-23-29-18-10-20(27-12-19(18)34-23)30-21-9-17(14-2-6-33-7-3-14)28-22(31-21)32-13-15-8-16(32)11-26-15/h1,4-5,9-10,12,14-16,26H,2-3,6-8,11,13,24H2,(H,27,28,30,31)/b4-1-,25-5+/t15-,16-/m0/s1. The second kappa shape index (κ2) is 9.24. The molecular weight excluding hydrogens is 450 g/mol. The lowest BCUT2D eigenvalue weighted by molar-refractivity contribution is 0.0845. The summed E-state index contributed by atoms with van der Waals surface area (Å²) in [7, 11) is 0. The van der Waals surface area contributed by atoms with E-state index < -0.39 is 0 Å². The van der Waals surface area contributed by atoms with Crippen molar-refractivity contribution in [2.24, 2.45) is 10.7 Å². The van der Waals surface area contributed by atoms with Gasteiger partial charge in [0.2, 0.25) is 11.1 Å². The van der Waals surface area contributed by atoms with Gasteiger partial charge in [-0.15, -0.1) is 0 Å². The van der Waals surface area contributed by atoms with Crippen LogP contribution in [0.2, 0.25) is 0 Å². The summed E-state index contributed by atoms with van der Waals surface area (Å²) < 4.78 is 6.55. The van der Waals surface area contributed by atoms with E-state index in [4.69, 9.17) is 20.4 Å². The number of anilines is 3. The minimum atomic E-state index is 0.380. The maximum absolute atomic E-state index is 5.58. The van der Waals surface area contributed by atoms with Crippen molar-refractivity contribution in [1.29, 1.82) is 0 Å². The second-order valence-corrected chi connectivity index (χ2v) is 9.84. The highest BCUT2D eigenvalue weighted by Gasteiger charge is 2.39. The van der Waals surface area contributed by atoms with Crippen molar-refractivity contribution in [2.45, 2.75) is 37.3 Å². The highest BCUT2D eigenvalue weighted by Crippen LogP contribution is 2.33. The molecule has 2 atom stereocenters. The first-order chi connectivity index (χ1) is 16.7. The summed E-state index contributed by atoms with van der Waals surface area (Å²) in [6.07, 6.45) is 9.67. The smallest absolute Gasteiger partial charge is 0.227 e. The largest absolute Gasteiger partial charge is 0.405 e.